The maximum Gasteiger partial charge on any atom is 0.103 e. The highest BCUT2D eigenvalue weighted by Gasteiger charge is 2.16. The number of nitrogens with zero attached hydrogens (tertiary/aromatic N) is 1. The van der Waals surface area contributed by atoms with E-state index in [1.54, 1.807) is 0 Å². The molecule has 0 aromatic carbocycles. The normalized spacial score (nSPS) is 22.7. The van der Waals surface area contributed by atoms with E-state index in [-0.39, 0.29) is 0 Å². The first-order valence-electron chi connectivity index (χ1n) is 2.62. The third-order valence-corrected chi connectivity index (χ3v) is 1.24. The predicted molar refractivity (Wildman–Crippen MR) is 27.8 cm³/mol. The Morgan fingerprint density at radius 1 is 1.43 bits per heavy atom. The lowest BCUT2D eigenvalue weighted by Crippen LogP contribution is -2.44. The van der Waals surface area contributed by atoms with E-state index in [0.29, 0.717) is 6.04 Å². The Bertz CT molecular complexity index is 59.1. The minimum atomic E-state index is 0.661. The fraction of sp³-hybridized carbons (Fsp3) is 1.00. The highest BCUT2D eigenvalue weighted by molar-refractivity contribution is 4.58. The Morgan fingerprint density at radius 3 is 2.00 bits per heavy atom. The van der Waals surface area contributed by atoms with Crippen LogP contribution in [0.25, 0.3) is 0 Å². The molecule has 0 bridgehead atoms. The third kappa shape index (κ3) is 0.924. The molecule has 1 fully saturated rings. The van der Waals surface area contributed by atoms with Crippen LogP contribution in [0.1, 0.15) is 13.8 Å². The van der Waals surface area contributed by atoms with Crippen LogP contribution >= 0.6 is 0 Å². The smallest absolute Gasteiger partial charge is 0.103 e. The first-order chi connectivity index (χ1) is 3.30. The Balaban J connectivity index is 2.14. The summed E-state index contributed by atoms with van der Waals surface area (Å²) in [4.78, 5) is 2.25. The molecular formula is C5H11NO. The monoisotopic (exact) mass is 101 g/mol. The van der Waals surface area contributed by atoms with Gasteiger partial charge in [-0.15, -0.1) is 0 Å². The van der Waals surface area contributed by atoms with Crippen LogP contribution in [-0.4, -0.2) is 24.4 Å². The average Bonchev–Trinajstić information content (AvgIpc) is 1.23. The van der Waals surface area contributed by atoms with Crippen molar-refractivity contribution in [2.45, 2.75) is 19.9 Å². The van der Waals surface area contributed by atoms with E-state index in [9.17, 15) is 0 Å². The Kier molecular flexibility index (Phi) is 1.30. The van der Waals surface area contributed by atoms with Gasteiger partial charge in [-0.2, -0.15) is 0 Å². The molecule has 2 heteroatoms. The molecule has 1 saturated heterocycles. The van der Waals surface area contributed by atoms with Crippen molar-refractivity contribution in [1.29, 1.82) is 0 Å². The van der Waals surface area contributed by atoms with Gasteiger partial charge in [-0.05, 0) is 13.8 Å². The van der Waals surface area contributed by atoms with Crippen molar-refractivity contribution < 1.29 is 4.74 Å². The molecule has 0 radical (unpaired) electrons. The van der Waals surface area contributed by atoms with Gasteiger partial charge >= 0.3 is 0 Å². The second-order valence-corrected chi connectivity index (χ2v) is 2.14. The first-order valence-corrected chi connectivity index (χ1v) is 2.62. The molecule has 0 unspecified atom stereocenters. The average molecular weight is 101 g/mol. The van der Waals surface area contributed by atoms with Crippen LogP contribution in [0.3, 0.4) is 0 Å². The quantitative estimate of drug-likeness (QED) is 0.480. The zero-order valence-electron chi connectivity index (χ0n) is 4.85. The second-order valence-electron chi connectivity index (χ2n) is 2.14. The van der Waals surface area contributed by atoms with E-state index in [1.165, 1.54) is 0 Å². The lowest BCUT2D eigenvalue weighted by Gasteiger charge is -2.33. The predicted octanol–water partition coefficient (Wildman–Crippen LogP) is 0.642. The summed E-state index contributed by atoms with van der Waals surface area (Å²) in [7, 11) is 0. The van der Waals surface area contributed by atoms with E-state index in [1.807, 2.05) is 0 Å². The Labute approximate surface area is 44.1 Å². The van der Waals surface area contributed by atoms with Crippen molar-refractivity contribution in [3.05, 3.63) is 0 Å². The zero-order chi connectivity index (χ0) is 5.28. The minimum absolute atomic E-state index is 0.661. The van der Waals surface area contributed by atoms with Crippen molar-refractivity contribution in [2.75, 3.05) is 13.5 Å². The van der Waals surface area contributed by atoms with Gasteiger partial charge in [-0.25, -0.2) is 0 Å². The van der Waals surface area contributed by atoms with Gasteiger partial charge in [-0.3, -0.25) is 4.90 Å². The fourth-order valence-electron chi connectivity index (χ4n) is 0.495. The van der Waals surface area contributed by atoms with Crippen molar-refractivity contribution in [2.24, 2.45) is 0 Å². The lowest BCUT2D eigenvalue weighted by molar-refractivity contribution is -0.159. The molecule has 0 saturated carbocycles. The van der Waals surface area contributed by atoms with Crippen molar-refractivity contribution >= 4 is 0 Å². The highest BCUT2D eigenvalue weighted by Crippen LogP contribution is 2.05. The standard InChI is InChI=1S/C5H11NO/c1-5(2)6-3-7-4-6/h5H,3-4H2,1-2H3. The molecule has 0 N–H and O–H groups in total. The lowest BCUT2D eigenvalue weighted by atomic mass is 10.3. The molecule has 1 rings (SSSR count). The summed E-state index contributed by atoms with van der Waals surface area (Å²) < 4.78 is 4.92. The van der Waals surface area contributed by atoms with E-state index >= 15 is 0 Å². The molecule has 0 amide bonds. The molecular weight excluding hydrogens is 90.1 g/mol. The van der Waals surface area contributed by atoms with Gasteiger partial charge in [0.1, 0.15) is 13.5 Å². The van der Waals surface area contributed by atoms with Gasteiger partial charge in [0.25, 0.3) is 0 Å². The van der Waals surface area contributed by atoms with Crippen LogP contribution in [0.2, 0.25) is 0 Å². The van der Waals surface area contributed by atoms with Crippen LogP contribution in [0.5, 0.6) is 0 Å². The van der Waals surface area contributed by atoms with Crippen molar-refractivity contribution in [3.63, 3.8) is 0 Å². The summed E-state index contributed by atoms with van der Waals surface area (Å²) in [5, 5.41) is 0. The first kappa shape index (κ1) is 5.06. The molecule has 0 aromatic heterocycles. The molecule has 0 spiro atoms. The molecule has 1 aliphatic rings. The van der Waals surface area contributed by atoms with Gasteiger partial charge in [-0.1, -0.05) is 0 Å². The fourth-order valence-corrected chi connectivity index (χ4v) is 0.495. The van der Waals surface area contributed by atoms with Crippen LogP contribution in [0.4, 0.5) is 0 Å². The van der Waals surface area contributed by atoms with Crippen LogP contribution in [0, 0.1) is 0 Å². The molecule has 2 nitrogen and oxygen atoms in total. The van der Waals surface area contributed by atoms with Crippen molar-refractivity contribution in [3.8, 4) is 0 Å². The number of hydrogen-bond donors (Lipinski definition) is 0. The Hall–Kier alpha value is -0.0800. The zero-order valence-corrected chi connectivity index (χ0v) is 4.85. The van der Waals surface area contributed by atoms with Gasteiger partial charge in [0.2, 0.25) is 0 Å². The Morgan fingerprint density at radius 2 is 2.00 bits per heavy atom. The summed E-state index contributed by atoms with van der Waals surface area (Å²) >= 11 is 0. The largest absolute Gasteiger partial charge is 0.351 e. The maximum atomic E-state index is 4.92. The van der Waals surface area contributed by atoms with Crippen molar-refractivity contribution in [1.82, 2.24) is 4.90 Å². The van der Waals surface area contributed by atoms with E-state index in [2.05, 4.69) is 18.7 Å². The summed E-state index contributed by atoms with van der Waals surface area (Å²) in [5.41, 5.74) is 0. The molecule has 1 heterocycles. The van der Waals surface area contributed by atoms with Crippen LogP contribution < -0.4 is 0 Å². The summed E-state index contributed by atoms with van der Waals surface area (Å²) in [5.74, 6) is 0. The van der Waals surface area contributed by atoms with E-state index < -0.39 is 0 Å². The third-order valence-electron chi connectivity index (χ3n) is 1.24. The molecule has 7 heavy (non-hydrogen) atoms. The summed E-state index contributed by atoms with van der Waals surface area (Å²) in [6.07, 6.45) is 0. The van der Waals surface area contributed by atoms with E-state index in [4.69, 9.17) is 4.74 Å². The van der Waals surface area contributed by atoms with E-state index in [0.717, 1.165) is 13.5 Å². The number of hydrogen-bond acceptors (Lipinski definition) is 2. The molecule has 1 aliphatic heterocycles. The molecule has 0 atom stereocenters. The summed E-state index contributed by atoms with van der Waals surface area (Å²) in [6.45, 7) is 6.00. The van der Waals surface area contributed by atoms with Gasteiger partial charge in [0, 0.05) is 6.04 Å². The molecule has 0 aromatic rings. The summed E-state index contributed by atoms with van der Waals surface area (Å²) in [6, 6.07) is 0.661. The van der Waals surface area contributed by atoms with Gasteiger partial charge in [0.15, 0.2) is 0 Å². The highest BCUT2D eigenvalue weighted by atomic mass is 16.5. The topological polar surface area (TPSA) is 12.5 Å². The maximum absolute atomic E-state index is 4.92. The van der Waals surface area contributed by atoms with Gasteiger partial charge in [0.05, 0.1) is 0 Å². The van der Waals surface area contributed by atoms with Crippen LogP contribution in [0.15, 0.2) is 0 Å². The van der Waals surface area contributed by atoms with Crippen LogP contribution in [-0.2, 0) is 4.74 Å². The van der Waals surface area contributed by atoms with Gasteiger partial charge < -0.3 is 4.74 Å². The number of rotatable bonds is 1. The minimum Gasteiger partial charge on any atom is -0.351 e. The SMILES string of the molecule is CC(C)N1COC1. The second kappa shape index (κ2) is 1.80. The molecule has 42 valence electrons. The molecule has 0 aliphatic carbocycles. The number of ether oxygens (including phenoxy) is 1.